The van der Waals surface area contributed by atoms with Crippen LogP contribution in [-0.4, -0.2) is 27.4 Å². The minimum Gasteiger partial charge on any atom is -0.394 e. The van der Waals surface area contributed by atoms with E-state index in [-0.39, 0.29) is 17.3 Å². The molecule has 0 bridgehead atoms. The number of hydrogen-bond acceptors (Lipinski definition) is 6. The maximum absolute atomic E-state index is 12.1. The smallest absolute Gasteiger partial charge is 0.279 e. The highest BCUT2D eigenvalue weighted by Gasteiger charge is 2.08. The molecule has 0 amide bonds. The number of aryl methyl sites for hydroxylation is 1. The number of nitrogen functional groups attached to an aromatic ring is 1. The van der Waals surface area contributed by atoms with Crippen LogP contribution in [0.2, 0.25) is 0 Å². The topological polar surface area (TPSA) is 109 Å². The largest absolute Gasteiger partial charge is 0.394 e. The molecule has 2 aromatic heterocycles. The summed E-state index contributed by atoms with van der Waals surface area (Å²) in [6.45, 7) is 4.44. The highest BCUT2D eigenvalue weighted by Crippen LogP contribution is 2.08. The maximum atomic E-state index is 12.1. The number of ether oxygens (including phenoxy) is 1. The molecule has 1 atom stereocenters. The Balaban J connectivity index is 2.30. The van der Waals surface area contributed by atoms with Crippen molar-refractivity contribution in [2.75, 3.05) is 12.3 Å². The highest BCUT2D eigenvalue weighted by atomic mass is 16.5. The van der Waals surface area contributed by atoms with Gasteiger partial charge < -0.3 is 16.2 Å². The summed E-state index contributed by atoms with van der Waals surface area (Å²) < 4.78 is 6.82. The molecule has 0 radical (unpaired) electrons. The van der Waals surface area contributed by atoms with Gasteiger partial charge in [0.1, 0.15) is 0 Å². The lowest BCUT2D eigenvalue weighted by atomic mass is 10.2. The fourth-order valence-corrected chi connectivity index (χ4v) is 1.79. The summed E-state index contributed by atoms with van der Waals surface area (Å²) in [5.41, 5.74) is 12.7. The quantitative estimate of drug-likeness (QED) is 0.823. The van der Waals surface area contributed by atoms with Gasteiger partial charge in [0, 0.05) is 12.2 Å². The van der Waals surface area contributed by atoms with E-state index in [1.165, 1.54) is 4.57 Å². The van der Waals surface area contributed by atoms with Gasteiger partial charge in [0.05, 0.1) is 24.6 Å². The van der Waals surface area contributed by atoms with Crippen LogP contribution in [0.3, 0.4) is 0 Å². The monoisotopic (exact) mass is 289 g/mol. The Morgan fingerprint density at radius 1 is 1.38 bits per heavy atom. The molecule has 0 spiro atoms. The Morgan fingerprint density at radius 3 is 2.76 bits per heavy atom. The van der Waals surface area contributed by atoms with Crippen LogP contribution in [0.5, 0.6) is 0 Å². The van der Waals surface area contributed by atoms with Gasteiger partial charge in [-0.15, -0.1) is 5.10 Å². The third-order valence-electron chi connectivity index (χ3n) is 2.78. The van der Waals surface area contributed by atoms with Gasteiger partial charge in [0.25, 0.3) is 5.56 Å². The second kappa shape index (κ2) is 6.47. The molecule has 4 N–H and O–H groups in total. The second-order valence-electron chi connectivity index (χ2n) is 5.00. The predicted molar refractivity (Wildman–Crippen MR) is 80.1 cm³/mol. The first-order chi connectivity index (χ1) is 9.97. The van der Waals surface area contributed by atoms with Crippen LogP contribution < -0.4 is 17.0 Å². The fraction of sp³-hybridized carbons (Fsp3) is 0.357. The lowest BCUT2D eigenvalue weighted by Gasteiger charge is -2.10. The lowest BCUT2D eigenvalue weighted by Crippen LogP contribution is -2.24. The Kier molecular flexibility index (Phi) is 4.66. The van der Waals surface area contributed by atoms with Gasteiger partial charge in [0.2, 0.25) is 0 Å². The summed E-state index contributed by atoms with van der Waals surface area (Å²) in [7, 11) is 0. The van der Waals surface area contributed by atoms with Crippen molar-refractivity contribution in [3.63, 3.8) is 0 Å². The Bertz CT molecular complexity index is 664. The minimum atomic E-state index is -0.330. The van der Waals surface area contributed by atoms with Gasteiger partial charge >= 0.3 is 0 Å². The average Bonchev–Trinajstić information content (AvgIpc) is 2.43. The lowest BCUT2D eigenvalue weighted by molar-refractivity contribution is 0.111. The van der Waals surface area contributed by atoms with E-state index < -0.39 is 0 Å². The van der Waals surface area contributed by atoms with Crippen LogP contribution in [-0.2, 0) is 11.3 Å². The number of pyridine rings is 1. The summed E-state index contributed by atoms with van der Waals surface area (Å²) in [6, 6.07) is 5.05. The molecule has 0 aromatic carbocycles. The SMILES string of the molecule is Cc1ccc(-n2cc(COC[C@@H](C)N)cc(N)c2=O)nn1. The molecule has 0 fully saturated rings. The van der Waals surface area contributed by atoms with E-state index >= 15 is 0 Å². The molecule has 7 heteroatoms. The van der Waals surface area contributed by atoms with Crippen molar-refractivity contribution in [2.24, 2.45) is 5.73 Å². The molecule has 2 aromatic rings. The number of aromatic nitrogens is 3. The Morgan fingerprint density at radius 2 is 2.14 bits per heavy atom. The zero-order chi connectivity index (χ0) is 15.4. The van der Waals surface area contributed by atoms with Gasteiger partial charge in [-0.2, -0.15) is 5.10 Å². The van der Waals surface area contributed by atoms with E-state index in [0.29, 0.717) is 19.0 Å². The number of nitrogens with zero attached hydrogens (tertiary/aromatic N) is 3. The van der Waals surface area contributed by atoms with E-state index in [1.54, 1.807) is 24.4 Å². The summed E-state index contributed by atoms with van der Waals surface area (Å²) >= 11 is 0. The molecule has 0 saturated carbocycles. The fourth-order valence-electron chi connectivity index (χ4n) is 1.79. The van der Waals surface area contributed by atoms with E-state index in [1.807, 2.05) is 13.8 Å². The van der Waals surface area contributed by atoms with Crippen molar-refractivity contribution < 1.29 is 4.74 Å². The third-order valence-corrected chi connectivity index (χ3v) is 2.78. The first-order valence-electron chi connectivity index (χ1n) is 6.62. The van der Waals surface area contributed by atoms with Gasteiger partial charge in [0.15, 0.2) is 5.82 Å². The molecule has 0 aliphatic carbocycles. The zero-order valence-corrected chi connectivity index (χ0v) is 12.1. The molecule has 112 valence electrons. The summed E-state index contributed by atoms with van der Waals surface area (Å²) in [5, 5.41) is 7.94. The van der Waals surface area contributed by atoms with Crippen LogP contribution in [0.1, 0.15) is 18.2 Å². The first kappa shape index (κ1) is 15.1. The van der Waals surface area contributed by atoms with Crippen LogP contribution in [0, 0.1) is 6.92 Å². The molecule has 21 heavy (non-hydrogen) atoms. The van der Waals surface area contributed by atoms with Gasteiger partial charge in [-0.1, -0.05) is 0 Å². The molecule has 0 aliphatic heterocycles. The molecule has 2 rings (SSSR count). The van der Waals surface area contributed by atoms with E-state index in [2.05, 4.69) is 10.2 Å². The van der Waals surface area contributed by atoms with Crippen LogP contribution >= 0.6 is 0 Å². The molecular formula is C14H19N5O2. The van der Waals surface area contributed by atoms with Crippen molar-refractivity contribution in [3.05, 3.63) is 46.0 Å². The first-order valence-corrected chi connectivity index (χ1v) is 6.62. The van der Waals surface area contributed by atoms with E-state index in [9.17, 15) is 4.79 Å². The van der Waals surface area contributed by atoms with Gasteiger partial charge in [-0.3, -0.25) is 9.36 Å². The molecular weight excluding hydrogens is 270 g/mol. The van der Waals surface area contributed by atoms with Gasteiger partial charge in [-0.05, 0) is 37.6 Å². The predicted octanol–water partition coefficient (Wildman–Crippen LogP) is 0.382. The summed E-state index contributed by atoms with van der Waals surface area (Å²) in [6.07, 6.45) is 1.65. The van der Waals surface area contributed by atoms with Crippen LogP contribution in [0.4, 0.5) is 5.69 Å². The van der Waals surface area contributed by atoms with Crippen LogP contribution in [0.25, 0.3) is 5.82 Å². The molecule has 2 heterocycles. The molecule has 0 unspecified atom stereocenters. The van der Waals surface area contributed by atoms with E-state index in [0.717, 1.165) is 11.3 Å². The second-order valence-corrected chi connectivity index (χ2v) is 5.00. The van der Waals surface area contributed by atoms with Crippen molar-refractivity contribution in [2.45, 2.75) is 26.5 Å². The highest BCUT2D eigenvalue weighted by molar-refractivity contribution is 5.40. The number of hydrogen-bond donors (Lipinski definition) is 2. The Hall–Kier alpha value is -2.25. The average molecular weight is 289 g/mol. The zero-order valence-electron chi connectivity index (χ0n) is 12.1. The number of anilines is 1. The number of nitrogens with two attached hydrogens (primary N) is 2. The van der Waals surface area contributed by atoms with Crippen LogP contribution in [0.15, 0.2) is 29.2 Å². The summed E-state index contributed by atoms with van der Waals surface area (Å²) in [4.78, 5) is 12.1. The molecule has 0 saturated heterocycles. The van der Waals surface area contributed by atoms with Crippen molar-refractivity contribution in [3.8, 4) is 5.82 Å². The van der Waals surface area contributed by atoms with Gasteiger partial charge in [-0.25, -0.2) is 0 Å². The number of rotatable bonds is 5. The van der Waals surface area contributed by atoms with E-state index in [4.69, 9.17) is 16.2 Å². The Labute approximate surface area is 122 Å². The minimum absolute atomic E-state index is 0.0452. The standard InChI is InChI=1S/C14H19N5O2/c1-9(15)7-21-8-11-5-12(16)14(20)19(6-11)13-4-3-10(2)17-18-13/h3-6,9H,7-8,15-16H2,1-2H3/t9-/m1/s1. The third kappa shape index (κ3) is 3.87. The summed E-state index contributed by atoms with van der Waals surface area (Å²) in [5.74, 6) is 0.423. The van der Waals surface area contributed by atoms with Crippen molar-refractivity contribution >= 4 is 5.69 Å². The normalized spacial score (nSPS) is 12.3. The van der Waals surface area contributed by atoms with Crippen molar-refractivity contribution in [1.82, 2.24) is 14.8 Å². The molecule has 7 nitrogen and oxygen atoms in total. The molecule has 0 aliphatic rings. The maximum Gasteiger partial charge on any atom is 0.279 e. The van der Waals surface area contributed by atoms with Crippen molar-refractivity contribution in [1.29, 1.82) is 0 Å².